The van der Waals surface area contributed by atoms with E-state index in [4.69, 9.17) is 0 Å². The summed E-state index contributed by atoms with van der Waals surface area (Å²) in [4.78, 5) is 25.9. The van der Waals surface area contributed by atoms with E-state index >= 15 is 0 Å². The minimum atomic E-state index is -0.0178. The molecule has 2 fully saturated rings. The van der Waals surface area contributed by atoms with Gasteiger partial charge in [0.25, 0.3) is 0 Å². The topological polar surface area (TPSA) is 61.4 Å². The molecule has 0 aromatic rings. The van der Waals surface area contributed by atoms with Crippen LogP contribution in [0.4, 0.5) is 0 Å². The third kappa shape index (κ3) is 3.93. The van der Waals surface area contributed by atoms with E-state index in [9.17, 15) is 9.59 Å². The summed E-state index contributed by atoms with van der Waals surface area (Å²) in [5.74, 6) is 0.810. The number of hydrogen-bond acceptors (Lipinski definition) is 3. The second kappa shape index (κ2) is 6.89. The highest BCUT2D eigenvalue weighted by molar-refractivity contribution is 5.81. The number of amides is 2. The minimum Gasteiger partial charge on any atom is -0.359 e. The number of likely N-dealkylation sites (tertiary alicyclic amines) is 1. The van der Waals surface area contributed by atoms with Gasteiger partial charge < -0.3 is 15.5 Å². The zero-order valence-electron chi connectivity index (χ0n) is 11.8. The van der Waals surface area contributed by atoms with Gasteiger partial charge in [0.05, 0.1) is 5.92 Å². The summed E-state index contributed by atoms with van der Waals surface area (Å²) in [6, 6.07) is 0. The molecule has 5 nitrogen and oxygen atoms in total. The number of nitrogens with zero attached hydrogens (tertiary/aromatic N) is 1. The molecule has 0 aromatic carbocycles. The van der Waals surface area contributed by atoms with Crippen molar-refractivity contribution in [2.45, 2.75) is 32.1 Å². The Bertz CT molecular complexity index is 327. The third-order valence-electron chi connectivity index (χ3n) is 4.31. The van der Waals surface area contributed by atoms with Crippen molar-refractivity contribution in [3.63, 3.8) is 0 Å². The van der Waals surface area contributed by atoms with Crippen LogP contribution in [-0.4, -0.2) is 49.9 Å². The fourth-order valence-corrected chi connectivity index (χ4v) is 3.08. The molecule has 2 N–H and O–H groups in total. The standard InChI is InChI=1S/C14H25N3O2/c1-15-14(19)12-3-2-8-17(10-12)13(18)9-11-4-6-16-7-5-11/h11-12,16H,2-10H2,1H3,(H,15,19). The lowest BCUT2D eigenvalue weighted by molar-refractivity contribution is -0.136. The normalized spacial score (nSPS) is 25.1. The van der Waals surface area contributed by atoms with Crippen molar-refractivity contribution in [3.8, 4) is 0 Å². The van der Waals surface area contributed by atoms with Crippen molar-refractivity contribution in [2.24, 2.45) is 11.8 Å². The molecule has 1 unspecified atom stereocenters. The maximum atomic E-state index is 12.3. The molecule has 0 saturated carbocycles. The molecule has 2 aliphatic heterocycles. The van der Waals surface area contributed by atoms with Crippen molar-refractivity contribution < 1.29 is 9.59 Å². The maximum Gasteiger partial charge on any atom is 0.224 e. The van der Waals surface area contributed by atoms with Crippen LogP contribution in [0.1, 0.15) is 32.1 Å². The summed E-state index contributed by atoms with van der Waals surface area (Å²) in [6.45, 7) is 3.47. The van der Waals surface area contributed by atoms with Crippen LogP contribution in [0.3, 0.4) is 0 Å². The predicted molar refractivity (Wildman–Crippen MR) is 73.6 cm³/mol. The van der Waals surface area contributed by atoms with Crippen LogP contribution in [-0.2, 0) is 9.59 Å². The largest absolute Gasteiger partial charge is 0.359 e. The molecule has 0 spiro atoms. The SMILES string of the molecule is CNC(=O)C1CCCN(C(=O)CC2CCNCC2)C1. The van der Waals surface area contributed by atoms with Crippen LogP contribution < -0.4 is 10.6 Å². The maximum absolute atomic E-state index is 12.3. The molecule has 0 radical (unpaired) electrons. The number of nitrogens with one attached hydrogen (secondary N) is 2. The van der Waals surface area contributed by atoms with Crippen molar-refractivity contribution >= 4 is 11.8 Å². The third-order valence-corrected chi connectivity index (χ3v) is 4.31. The van der Waals surface area contributed by atoms with Gasteiger partial charge in [-0.15, -0.1) is 0 Å². The number of hydrogen-bond donors (Lipinski definition) is 2. The van der Waals surface area contributed by atoms with Gasteiger partial charge in [0, 0.05) is 26.6 Å². The van der Waals surface area contributed by atoms with Crippen LogP contribution in [0.15, 0.2) is 0 Å². The van der Waals surface area contributed by atoms with Crippen molar-refractivity contribution in [1.29, 1.82) is 0 Å². The lowest BCUT2D eigenvalue weighted by Crippen LogP contribution is -2.45. The second-order valence-corrected chi connectivity index (χ2v) is 5.69. The van der Waals surface area contributed by atoms with Gasteiger partial charge in [-0.05, 0) is 44.7 Å². The lowest BCUT2D eigenvalue weighted by atomic mass is 9.92. The van der Waals surface area contributed by atoms with E-state index in [2.05, 4.69) is 10.6 Å². The van der Waals surface area contributed by atoms with Crippen molar-refractivity contribution in [1.82, 2.24) is 15.5 Å². The van der Waals surface area contributed by atoms with Gasteiger partial charge in [0.1, 0.15) is 0 Å². The van der Waals surface area contributed by atoms with Crippen LogP contribution in [0.2, 0.25) is 0 Å². The van der Waals surface area contributed by atoms with Crippen LogP contribution in [0.5, 0.6) is 0 Å². The smallest absolute Gasteiger partial charge is 0.224 e. The molecular formula is C14H25N3O2. The lowest BCUT2D eigenvalue weighted by Gasteiger charge is -2.33. The monoisotopic (exact) mass is 267 g/mol. The number of carbonyl (C=O) groups excluding carboxylic acids is 2. The van der Waals surface area contributed by atoms with Gasteiger partial charge in [-0.25, -0.2) is 0 Å². The second-order valence-electron chi connectivity index (χ2n) is 5.69. The average Bonchev–Trinajstić information content (AvgIpc) is 2.47. The van der Waals surface area contributed by atoms with E-state index in [1.54, 1.807) is 7.05 Å². The molecule has 19 heavy (non-hydrogen) atoms. The molecule has 0 aliphatic carbocycles. The molecule has 0 bridgehead atoms. The van der Waals surface area contributed by atoms with Gasteiger partial charge >= 0.3 is 0 Å². The van der Waals surface area contributed by atoms with Crippen molar-refractivity contribution in [3.05, 3.63) is 0 Å². The molecule has 108 valence electrons. The summed E-state index contributed by atoms with van der Waals surface area (Å²) < 4.78 is 0. The summed E-state index contributed by atoms with van der Waals surface area (Å²) >= 11 is 0. The van der Waals surface area contributed by atoms with E-state index in [0.717, 1.165) is 45.3 Å². The first-order chi connectivity index (χ1) is 9.20. The summed E-state index contributed by atoms with van der Waals surface area (Å²) in [6.07, 6.45) is 4.69. The highest BCUT2D eigenvalue weighted by atomic mass is 16.2. The zero-order chi connectivity index (χ0) is 13.7. The van der Waals surface area contributed by atoms with Crippen LogP contribution >= 0.6 is 0 Å². The Morgan fingerprint density at radius 1 is 1.26 bits per heavy atom. The van der Waals surface area contributed by atoms with E-state index in [0.29, 0.717) is 18.9 Å². The van der Waals surface area contributed by atoms with E-state index in [1.165, 1.54) is 0 Å². The summed E-state index contributed by atoms with van der Waals surface area (Å²) in [7, 11) is 1.66. The zero-order valence-corrected chi connectivity index (χ0v) is 11.8. The fourth-order valence-electron chi connectivity index (χ4n) is 3.08. The Balaban J connectivity index is 1.82. The first kappa shape index (κ1) is 14.3. The average molecular weight is 267 g/mol. The van der Waals surface area contributed by atoms with Crippen molar-refractivity contribution in [2.75, 3.05) is 33.2 Å². The Labute approximate surface area is 115 Å². The Morgan fingerprint density at radius 3 is 2.68 bits per heavy atom. The molecule has 2 heterocycles. The van der Waals surface area contributed by atoms with Crippen LogP contribution in [0.25, 0.3) is 0 Å². The number of piperidine rings is 2. The van der Waals surface area contributed by atoms with Gasteiger partial charge in [-0.3, -0.25) is 9.59 Å². The molecule has 2 saturated heterocycles. The van der Waals surface area contributed by atoms with E-state index < -0.39 is 0 Å². The number of carbonyl (C=O) groups is 2. The molecular weight excluding hydrogens is 242 g/mol. The van der Waals surface area contributed by atoms with E-state index in [1.807, 2.05) is 4.90 Å². The molecule has 1 atom stereocenters. The first-order valence-electron chi connectivity index (χ1n) is 7.40. The van der Waals surface area contributed by atoms with Crippen LogP contribution in [0, 0.1) is 11.8 Å². The Morgan fingerprint density at radius 2 is 2.00 bits per heavy atom. The summed E-state index contributed by atoms with van der Waals surface area (Å²) in [5.41, 5.74) is 0. The van der Waals surface area contributed by atoms with Gasteiger partial charge in [-0.2, -0.15) is 0 Å². The molecule has 2 rings (SSSR count). The quantitative estimate of drug-likeness (QED) is 0.776. The highest BCUT2D eigenvalue weighted by Crippen LogP contribution is 2.21. The number of rotatable bonds is 3. The Kier molecular flexibility index (Phi) is 5.19. The minimum absolute atomic E-state index is 0.0178. The van der Waals surface area contributed by atoms with E-state index in [-0.39, 0.29) is 17.7 Å². The fraction of sp³-hybridized carbons (Fsp3) is 0.857. The van der Waals surface area contributed by atoms with Gasteiger partial charge in [0.15, 0.2) is 0 Å². The Hall–Kier alpha value is -1.10. The molecule has 2 aliphatic rings. The highest BCUT2D eigenvalue weighted by Gasteiger charge is 2.29. The summed E-state index contributed by atoms with van der Waals surface area (Å²) in [5, 5.41) is 6.01. The molecule has 2 amide bonds. The van der Waals surface area contributed by atoms with Gasteiger partial charge in [0.2, 0.25) is 11.8 Å². The molecule has 5 heteroatoms. The molecule has 0 aromatic heterocycles. The first-order valence-corrected chi connectivity index (χ1v) is 7.40. The van der Waals surface area contributed by atoms with Gasteiger partial charge in [-0.1, -0.05) is 0 Å². The predicted octanol–water partition coefficient (Wildman–Crippen LogP) is 0.361.